The molecule has 40 heavy (non-hydrogen) atoms. The van der Waals surface area contributed by atoms with Crippen molar-refractivity contribution >= 4 is 38.2 Å². The molecule has 0 spiro atoms. The average Bonchev–Trinajstić information content (AvgIpc) is 3.29. The number of ether oxygens (including phenoxy) is 1. The molecule has 1 N–H and O–H groups in total. The van der Waals surface area contributed by atoms with Crippen LogP contribution in [0.25, 0.3) is 0 Å². The predicted octanol–water partition coefficient (Wildman–Crippen LogP) is 4.19. The van der Waals surface area contributed by atoms with Crippen LogP contribution in [0.1, 0.15) is 77.6 Å². The molecule has 2 unspecified atom stereocenters. The van der Waals surface area contributed by atoms with Gasteiger partial charge in [-0.2, -0.15) is 4.31 Å². The number of fused-ring (bicyclic) bond motifs is 1. The van der Waals surface area contributed by atoms with Crippen molar-refractivity contribution in [1.82, 2.24) is 14.1 Å². The third kappa shape index (κ3) is 6.13. The Morgan fingerprint density at radius 3 is 2.35 bits per heavy atom. The number of hydrogen-bond acceptors (Lipinski definition) is 7. The molecule has 0 aliphatic carbocycles. The number of rotatable bonds is 7. The first kappa shape index (κ1) is 29.2. The largest absolute Gasteiger partial charge is 0.373 e. The van der Waals surface area contributed by atoms with Gasteiger partial charge in [0, 0.05) is 49.7 Å². The number of nitrogens with one attached hydrogen (secondary N) is 1. The van der Waals surface area contributed by atoms with E-state index in [4.69, 9.17) is 4.74 Å². The SMILES string of the molecule is CCCN1CCc2c(sc(NC(=O)c3ccc(S(=O)(=O)N4CC(C)OC(C)C4)cc3)c2C(=O)N2CCCCC2)C1. The van der Waals surface area contributed by atoms with Crippen LogP contribution in [0.4, 0.5) is 5.00 Å². The van der Waals surface area contributed by atoms with Gasteiger partial charge >= 0.3 is 0 Å². The molecule has 4 heterocycles. The van der Waals surface area contributed by atoms with Crippen molar-refractivity contribution in [2.75, 3.05) is 44.6 Å². The highest BCUT2D eigenvalue weighted by atomic mass is 32.2. The molecule has 3 aliphatic heterocycles. The Balaban J connectivity index is 1.37. The van der Waals surface area contributed by atoms with Crippen LogP contribution < -0.4 is 5.32 Å². The summed E-state index contributed by atoms with van der Waals surface area (Å²) in [7, 11) is -3.70. The van der Waals surface area contributed by atoms with Gasteiger partial charge in [0.05, 0.1) is 22.7 Å². The quantitative estimate of drug-likeness (QED) is 0.521. The molecule has 2 saturated heterocycles. The first-order valence-corrected chi connectivity index (χ1v) is 16.7. The number of amides is 2. The molecule has 11 heteroatoms. The third-order valence-corrected chi connectivity index (χ3v) is 10.9. The van der Waals surface area contributed by atoms with Crippen LogP contribution in [-0.4, -0.2) is 85.8 Å². The van der Waals surface area contributed by atoms with Crippen molar-refractivity contribution in [2.45, 2.75) is 76.5 Å². The number of hydrogen-bond donors (Lipinski definition) is 1. The van der Waals surface area contributed by atoms with E-state index in [0.29, 0.717) is 29.2 Å². The molecular formula is C29H40N4O5S2. The maximum Gasteiger partial charge on any atom is 0.257 e. The van der Waals surface area contributed by atoms with Gasteiger partial charge in [0.2, 0.25) is 10.0 Å². The maximum atomic E-state index is 13.7. The molecule has 2 atom stereocenters. The van der Waals surface area contributed by atoms with Crippen molar-refractivity contribution in [3.63, 3.8) is 0 Å². The molecule has 2 amide bonds. The fourth-order valence-corrected chi connectivity index (χ4v) is 8.83. The first-order chi connectivity index (χ1) is 19.2. The number of sulfonamides is 1. The van der Waals surface area contributed by atoms with Gasteiger partial charge in [0.15, 0.2) is 0 Å². The van der Waals surface area contributed by atoms with Crippen LogP contribution in [0.5, 0.6) is 0 Å². The summed E-state index contributed by atoms with van der Waals surface area (Å²) in [6.45, 7) is 10.7. The summed E-state index contributed by atoms with van der Waals surface area (Å²) in [6, 6.07) is 6.05. The number of nitrogens with zero attached hydrogens (tertiary/aromatic N) is 3. The van der Waals surface area contributed by atoms with E-state index < -0.39 is 10.0 Å². The Labute approximate surface area is 241 Å². The summed E-state index contributed by atoms with van der Waals surface area (Å²) in [5.41, 5.74) is 2.05. The van der Waals surface area contributed by atoms with Gasteiger partial charge in [-0.25, -0.2) is 8.42 Å². The minimum absolute atomic E-state index is 0.00634. The molecule has 1 aromatic heterocycles. The van der Waals surface area contributed by atoms with E-state index in [1.807, 2.05) is 18.7 Å². The number of likely N-dealkylation sites (tertiary alicyclic amines) is 1. The monoisotopic (exact) mass is 588 g/mol. The number of carbonyl (C=O) groups is 2. The van der Waals surface area contributed by atoms with Crippen molar-refractivity contribution in [3.8, 4) is 0 Å². The lowest BCUT2D eigenvalue weighted by molar-refractivity contribution is -0.0440. The van der Waals surface area contributed by atoms with E-state index in [1.54, 1.807) is 0 Å². The van der Waals surface area contributed by atoms with Gasteiger partial charge in [-0.15, -0.1) is 11.3 Å². The number of benzene rings is 1. The Morgan fingerprint density at radius 2 is 1.70 bits per heavy atom. The van der Waals surface area contributed by atoms with E-state index in [-0.39, 0.29) is 28.9 Å². The standard InChI is InChI=1S/C29H40N4O5S2/c1-4-13-31-16-12-24-25(19-31)39-28(26(24)29(35)32-14-6-5-7-15-32)30-27(34)22-8-10-23(11-9-22)40(36,37)33-17-20(2)38-21(3)18-33/h8-11,20-21H,4-7,12-19H2,1-3H3,(H,30,34). The molecule has 0 radical (unpaired) electrons. The molecule has 0 bridgehead atoms. The zero-order chi connectivity index (χ0) is 28.4. The summed E-state index contributed by atoms with van der Waals surface area (Å²) in [5, 5.41) is 3.62. The van der Waals surface area contributed by atoms with E-state index in [1.165, 1.54) is 39.9 Å². The molecule has 5 rings (SSSR count). The lowest BCUT2D eigenvalue weighted by Crippen LogP contribution is -2.48. The minimum atomic E-state index is -3.70. The van der Waals surface area contributed by atoms with Crippen LogP contribution >= 0.6 is 11.3 Å². The number of piperidine rings is 1. The van der Waals surface area contributed by atoms with E-state index in [9.17, 15) is 18.0 Å². The molecular weight excluding hydrogens is 548 g/mol. The summed E-state index contributed by atoms with van der Waals surface area (Å²) >= 11 is 1.50. The Kier molecular flexibility index (Phi) is 8.96. The van der Waals surface area contributed by atoms with E-state index >= 15 is 0 Å². The van der Waals surface area contributed by atoms with Gasteiger partial charge in [-0.05, 0) is 82.3 Å². The van der Waals surface area contributed by atoms with Gasteiger partial charge in [-0.1, -0.05) is 6.92 Å². The molecule has 2 fully saturated rings. The molecule has 3 aliphatic rings. The highest BCUT2D eigenvalue weighted by molar-refractivity contribution is 7.89. The van der Waals surface area contributed by atoms with Crippen molar-refractivity contribution < 1.29 is 22.7 Å². The van der Waals surface area contributed by atoms with Crippen LogP contribution in [0, 0.1) is 0 Å². The summed E-state index contributed by atoms with van der Waals surface area (Å²) < 4.78 is 33.6. The molecule has 218 valence electrons. The number of thiophene rings is 1. The van der Waals surface area contributed by atoms with Crippen LogP contribution in [0.3, 0.4) is 0 Å². The lowest BCUT2D eigenvalue weighted by Gasteiger charge is -2.34. The van der Waals surface area contributed by atoms with Gasteiger partial charge in [0.1, 0.15) is 5.00 Å². The number of anilines is 1. The lowest BCUT2D eigenvalue weighted by atomic mass is 10.0. The van der Waals surface area contributed by atoms with E-state index in [2.05, 4.69) is 17.1 Å². The highest BCUT2D eigenvalue weighted by Gasteiger charge is 2.33. The number of carbonyl (C=O) groups excluding carboxylic acids is 2. The Hall–Kier alpha value is -2.31. The molecule has 2 aromatic rings. The zero-order valence-corrected chi connectivity index (χ0v) is 25.3. The Bertz CT molecular complexity index is 1320. The predicted molar refractivity (Wildman–Crippen MR) is 157 cm³/mol. The average molecular weight is 589 g/mol. The second-order valence-electron chi connectivity index (χ2n) is 11.1. The zero-order valence-electron chi connectivity index (χ0n) is 23.6. The van der Waals surface area contributed by atoms with Gasteiger partial charge < -0.3 is 15.0 Å². The highest BCUT2D eigenvalue weighted by Crippen LogP contribution is 2.38. The van der Waals surface area contributed by atoms with Crippen molar-refractivity contribution in [1.29, 1.82) is 0 Å². The molecule has 9 nitrogen and oxygen atoms in total. The molecule has 1 aromatic carbocycles. The van der Waals surface area contributed by atoms with Crippen molar-refractivity contribution in [2.24, 2.45) is 0 Å². The van der Waals surface area contributed by atoms with E-state index in [0.717, 1.165) is 75.3 Å². The second-order valence-corrected chi connectivity index (χ2v) is 14.2. The van der Waals surface area contributed by atoms with Gasteiger partial charge in [0.25, 0.3) is 11.8 Å². The van der Waals surface area contributed by atoms with Crippen molar-refractivity contribution in [3.05, 3.63) is 45.8 Å². The summed E-state index contributed by atoms with van der Waals surface area (Å²) in [5.74, 6) is -0.346. The van der Waals surface area contributed by atoms with Gasteiger partial charge in [-0.3, -0.25) is 14.5 Å². The van der Waals surface area contributed by atoms with Crippen LogP contribution in [0.15, 0.2) is 29.2 Å². The fourth-order valence-electron chi connectivity index (χ4n) is 5.96. The number of morpholine rings is 1. The molecule has 0 saturated carbocycles. The first-order valence-electron chi connectivity index (χ1n) is 14.4. The summed E-state index contributed by atoms with van der Waals surface area (Å²) in [4.78, 5) is 32.7. The minimum Gasteiger partial charge on any atom is -0.373 e. The topological polar surface area (TPSA) is 99.3 Å². The smallest absolute Gasteiger partial charge is 0.257 e. The van der Waals surface area contributed by atoms with Crippen LogP contribution in [0.2, 0.25) is 0 Å². The third-order valence-electron chi connectivity index (χ3n) is 7.90. The fraction of sp³-hybridized carbons (Fsp3) is 0.586. The second kappa shape index (κ2) is 12.3. The van der Waals surface area contributed by atoms with Crippen LogP contribution in [-0.2, 0) is 27.7 Å². The summed E-state index contributed by atoms with van der Waals surface area (Å²) in [6.07, 6.45) is 4.63. The normalized spacial score (nSPS) is 22.6. The Morgan fingerprint density at radius 1 is 1.02 bits per heavy atom. The maximum absolute atomic E-state index is 13.7.